The van der Waals surface area contributed by atoms with Crippen LogP contribution in [0.25, 0.3) is 11.3 Å². The molecule has 2 aromatic rings. The molecule has 0 spiro atoms. The van der Waals surface area contributed by atoms with E-state index in [0.29, 0.717) is 12.0 Å². The number of nitrogens with zero attached hydrogens (tertiary/aromatic N) is 3. The van der Waals surface area contributed by atoms with E-state index in [1.54, 1.807) is 0 Å². The van der Waals surface area contributed by atoms with Gasteiger partial charge in [0, 0.05) is 37.3 Å². The minimum atomic E-state index is 0.569. The first kappa shape index (κ1) is 13.5. The summed E-state index contributed by atoms with van der Waals surface area (Å²) in [5, 5.41) is 6.44. The van der Waals surface area contributed by atoms with E-state index in [9.17, 15) is 0 Å². The molecule has 0 atom stereocenters. The number of likely N-dealkylation sites (N-methyl/N-ethyl adjacent to an activating group) is 1. The largest absolute Gasteiger partial charge is 0.357 e. The van der Waals surface area contributed by atoms with Gasteiger partial charge in [0.05, 0.1) is 5.69 Å². The van der Waals surface area contributed by atoms with Gasteiger partial charge in [0.15, 0.2) is 0 Å². The summed E-state index contributed by atoms with van der Waals surface area (Å²) in [5.41, 5.74) is 5.05. The van der Waals surface area contributed by atoms with Crippen molar-refractivity contribution in [3.8, 4) is 11.3 Å². The van der Waals surface area contributed by atoms with Gasteiger partial charge in [0.1, 0.15) is 5.82 Å². The van der Waals surface area contributed by atoms with Crippen LogP contribution in [0.5, 0.6) is 0 Å². The van der Waals surface area contributed by atoms with Crippen LogP contribution in [0.3, 0.4) is 0 Å². The summed E-state index contributed by atoms with van der Waals surface area (Å²) >= 11 is 0. The fourth-order valence-corrected chi connectivity index (χ4v) is 3.36. The van der Waals surface area contributed by atoms with E-state index in [-0.39, 0.29) is 0 Å². The maximum Gasteiger partial charge on any atom is 0.224 e. The molecule has 1 aromatic heterocycles. The number of hydrogen-bond donors (Lipinski definition) is 2. The van der Waals surface area contributed by atoms with Crippen LogP contribution in [0.2, 0.25) is 0 Å². The van der Waals surface area contributed by atoms with E-state index in [1.807, 2.05) is 14.1 Å². The smallest absolute Gasteiger partial charge is 0.224 e. The van der Waals surface area contributed by atoms with Crippen LogP contribution in [-0.2, 0) is 12.8 Å². The molecule has 1 aliphatic heterocycles. The molecule has 2 heterocycles. The third kappa shape index (κ3) is 2.04. The van der Waals surface area contributed by atoms with E-state index < -0.39 is 0 Å². The normalized spacial score (nSPS) is 16.7. The van der Waals surface area contributed by atoms with E-state index in [0.717, 1.165) is 37.4 Å². The van der Waals surface area contributed by atoms with Crippen molar-refractivity contribution in [3.05, 3.63) is 35.4 Å². The van der Waals surface area contributed by atoms with Gasteiger partial charge >= 0.3 is 0 Å². The highest BCUT2D eigenvalue weighted by Crippen LogP contribution is 2.38. The predicted octanol–water partition coefficient (Wildman–Crippen LogP) is 1.69. The third-order valence-corrected chi connectivity index (χ3v) is 4.72. The van der Waals surface area contributed by atoms with Gasteiger partial charge in [0.2, 0.25) is 5.95 Å². The summed E-state index contributed by atoms with van der Waals surface area (Å²) in [4.78, 5) is 11.9. The number of anilines is 2. The summed E-state index contributed by atoms with van der Waals surface area (Å²) in [5.74, 6) is 1.81. The SMILES string of the molecule is CNc1nc2c(c(N3CC(NC)C3)n1)CCc1ccccc1-2. The van der Waals surface area contributed by atoms with Crippen molar-refractivity contribution >= 4 is 11.8 Å². The maximum atomic E-state index is 4.75. The lowest BCUT2D eigenvalue weighted by Gasteiger charge is -2.41. The van der Waals surface area contributed by atoms with Crippen molar-refractivity contribution in [3.63, 3.8) is 0 Å². The Balaban J connectivity index is 1.81. The Morgan fingerprint density at radius 1 is 1.09 bits per heavy atom. The second kappa shape index (κ2) is 5.25. The summed E-state index contributed by atoms with van der Waals surface area (Å²) in [6.07, 6.45) is 2.09. The Hall–Kier alpha value is -2.14. The zero-order chi connectivity index (χ0) is 15.1. The second-order valence-electron chi connectivity index (χ2n) is 6.00. The number of fused-ring (bicyclic) bond motifs is 3. The summed E-state index contributed by atoms with van der Waals surface area (Å²) < 4.78 is 0. The minimum absolute atomic E-state index is 0.569. The number of hydrogen-bond acceptors (Lipinski definition) is 5. The van der Waals surface area contributed by atoms with Crippen LogP contribution in [0.1, 0.15) is 11.1 Å². The number of aryl methyl sites for hydroxylation is 1. The molecule has 2 aliphatic rings. The van der Waals surface area contributed by atoms with Crippen molar-refractivity contribution in [1.82, 2.24) is 15.3 Å². The second-order valence-corrected chi connectivity index (χ2v) is 6.00. The van der Waals surface area contributed by atoms with Gasteiger partial charge in [-0.1, -0.05) is 24.3 Å². The van der Waals surface area contributed by atoms with Crippen molar-refractivity contribution in [2.75, 3.05) is 37.4 Å². The first-order valence-electron chi connectivity index (χ1n) is 7.89. The molecule has 5 heteroatoms. The molecule has 4 rings (SSSR count). The van der Waals surface area contributed by atoms with E-state index in [1.165, 1.54) is 16.7 Å². The van der Waals surface area contributed by atoms with Crippen LogP contribution in [0.15, 0.2) is 24.3 Å². The van der Waals surface area contributed by atoms with Crippen LogP contribution in [-0.4, -0.2) is 43.2 Å². The molecule has 1 aromatic carbocycles. The number of benzene rings is 1. The van der Waals surface area contributed by atoms with Crippen LogP contribution in [0.4, 0.5) is 11.8 Å². The lowest BCUT2D eigenvalue weighted by molar-refractivity contribution is 0.446. The lowest BCUT2D eigenvalue weighted by atomic mass is 9.88. The van der Waals surface area contributed by atoms with Gasteiger partial charge in [-0.25, -0.2) is 4.98 Å². The Morgan fingerprint density at radius 3 is 2.68 bits per heavy atom. The Morgan fingerprint density at radius 2 is 1.91 bits per heavy atom. The van der Waals surface area contributed by atoms with Gasteiger partial charge in [-0.05, 0) is 25.5 Å². The zero-order valence-electron chi connectivity index (χ0n) is 13.1. The summed E-state index contributed by atoms with van der Waals surface area (Å²) in [6.45, 7) is 2.04. The third-order valence-electron chi connectivity index (χ3n) is 4.72. The molecular weight excluding hydrogens is 274 g/mol. The highest BCUT2D eigenvalue weighted by molar-refractivity contribution is 5.75. The Labute approximate surface area is 130 Å². The lowest BCUT2D eigenvalue weighted by Crippen LogP contribution is -2.57. The van der Waals surface area contributed by atoms with Gasteiger partial charge in [-0.15, -0.1) is 0 Å². The fraction of sp³-hybridized carbons (Fsp3) is 0.412. The number of aromatic nitrogens is 2. The molecule has 5 nitrogen and oxygen atoms in total. The van der Waals surface area contributed by atoms with Crippen LogP contribution < -0.4 is 15.5 Å². The van der Waals surface area contributed by atoms with Crippen LogP contribution in [0, 0.1) is 0 Å². The van der Waals surface area contributed by atoms with Gasteiger partial charge in [-0.2, -0.15) is 4.98 Å². The highest BCUT2D eigenvalue weighted by Gasteiger charge is 2.31. The van der Waals surface area contributed by atoms with Crippen molar-refractivity contribution in [2.24, 2.45) is 0 Å². The van der Waals surface area contributed by atoms with Crippen LogP contribution >= 0.6 is 0 Å². The number of nitrogens with one attached hydrogen (secondary N) is 2. The average molecular weight is 295 g/mol. The molecule has 0 radical (unpaired) electrons. The van der Waals surface area contributed by atoms with Gasteiger partial charge in [-0.3, -0.25) is 0 Å². The molecule has 2 N–H and O–H groups in total. The molecule has 0 saturated carbocycles. The highest BCUT2D eigenvalue weighted by atomic mass is 15.3. The monoisotopic (exact) mass is 295 g/mol. The van der Waals surface area contributed by atoms with Crippen molar-refractivity contribution in [1.29, 1.82) is 0 Å². The topological polar surface area (TPSA) is 53.1 Å². The molecule has 0 amide bonds. The molecular formula is C17H21N5. The summed E-state index contributed by atoms with van der Waals surface area (Å²) in [7, 11) is 3.90. The van der Waals surface area contributed by atoms with E-state index in [2.05, 4.69) is 39.8 Å². The summed E-state index contributed by atoms with van der Waals surface area (Å²) in [6, 6.07) is 9.16. The van der Waals surface area contributed by atoms with Gasteiger partial charge in [0.25, 0.3) is 0 Å². The average Bonchev–Trinajstić information content (AvgIpc) is 2.53. The quantitative estimate of drug-likeness (QED) is 0.902. The van der Waals surface area contributed by atoms with Gasteiger partial charge < -0.3 is 15.5 Å². The molecule has 1 saturated heterocycles. The molecule has 1 fully saturated rings. The fourth-order valence-electron chi connectivity index (χ4n) is 3.36. The Kier molecular flexibility index (Phi) is 3.22. The van der Waals surface area contributed by atoms with E-state index in [4.69, 9.17) is 9.97 Å². The molecule has 0 unspecified atom stereocenters. The predicted molar refractivity (Wildman–Crippen MR) is 89.5 cm³/mol. The standard InChI is InChI=1S/C17H21N5/c1-18-12-9-22(10-12)16-14-8-7-11-5-3-4-6-13(11)15(14)20-17(19-2)21-16/h3-6,12,18H,7-10H2,1-2H3,(H,19,20,21). The molecule has 1 aliphatic carbocycles. The van der Waals surface area contributed by atoms with E-state index >= 15 is 0 Å². The first-order chi connectivity index (χ1) is 10.8. The molecule has 114 valence electrons. The van der Waals surface area contributed by atoms with Crippen molar-refractivity contribution in [2.45, 2.75) is 18.9 Å². The molecule has 0 bridgehead atoms. The van der Waals surface area contributed by atoms with Crippen molar-refractivity contribution < 1.29 is 0 Å². The Bertz CT molecular complexity index is 706. The maximum absolute atomic E-state index is 4.75. The molecule has 22 heavy (non-hydrogen) atoms. The first-order valence-corrected chi connectivity index (χ1v) is 7.89. The zero-order valence-corrected chi connectivity index (χ0v) is 13.1. The minimum Gasteiger partial charge on any atom is -0.357 e. The number of rotatable bonds is 3.